The summed E-state index contributed by atoms with van der Waals surface area (Å²) in [7, 11) is 0. The van der Waals surface area contributed by atoms with Gasteiger partial charge in [-0.2, -0.15) is 4.68 Å². The summed E-state index contributed by atoms with van der Waals surface area (Å²) in [5.41, 5.74) is 0.909. The lowest BCUT2D eigenvalue weighted by atomic mass is 10.3. The molecule has 0 atom stereocenters. The molecular weight excluding hydrogens is 320 g/mol. The standard InChI is InChI=1S/C17H18N6O2/c1-13-7-8-15(25-13)16(24)21-9-11-22(12-10-21)17-18-19-20-23(17)14-5-3-2-4-6-14/h2-8H,9-12H2,1H3. The molecule has 1 aliphatic rings. The fourth-order valence-electron chi connectivity index (χ4n) is 2.93. The monoisotopic (exact) mass is 338 g/mol. The number of nitrogens with zero attached hydrogens (tertiary/aromatic N) is 6. The molecule has 3 aromatic rings. The van der Waals surface area contributed by atoms with Crippen LogP contribution in [0.1, 0.15) is 16.3 Å². The maximum atomic E-state index is 12.5. The average molecular weight is 338 g/mol. The van der Waals surface area contributed by atoms with Crippen LogP contribution in [0, 0.1) is 6.92 Å². The number of amides is 1. The van der Waals surface area contributed by atoms with Crippen LogP contribution in [0.5, 0.6) is 0 Å². The Morgan fingerprint density at radius 2 is 1.80 bits per heavy atom. The van der Waals surface area contributed by atoms with Crippen LogP contribution in [0.4, 0.5) is 5.95 Å². The third kappa shape index (κ3) is 2.98. The zero-order valence-corrected chi connectivity index (χ0v) is 13.9. The molecule has 0 unspecified atom stereocenters. The molecule has 0 N–H and O–H groups in total. The van der Waals surface area contributed by atoms with Crippen LogP contribution < -0.4 is 4.90 Å². The third-order valence-electron chi connectivity index (χ3n) is 4.25. The van der Waals surface area contributed by atoms with Gasteiger partial charge < -0.3 is 14.2 Å². The minimum Gasteiger partial charge on any atom is -0.456 e. The molecule has 1 fully saturated rings. The molecule has 0 spiro atoms. The molecule has 4 rings (SSSR count). The van der Waals surface area contributed by atoms with E-state index in [-0.39, 0.29) is 5.91 Å². The number of furan rings is 1. The molecule has 0 aliphatic carbocycles. The van der Waals surface area contributed by atoms with Crippen molar-refractivity contribution in [2.24, 2.45) is 0 Å². The first kappa shape index (κ1) is 15.4. The summed E-state index contributed by atoms with van der Waals surface area (Å²) >= 11 is 0. The summed E-state index contributed by atoms with van der Waals surface area (Å²) in [6, 6.07) is 13.3. The van der Waals surface area contributed by atoms with Gasteiger partial charge in [-0.15, -0.1) is 0 Å². The van der Waals surface area contributed by atoms with Gasteiger partial charge in [0, 0.05) is 26.2 Å². The molecule has 1 amide bonds. The van der Waals surface area contributed by atoms with Gasteiger partial charge in [-0.3, -0.25) is 4.79 Å². The maximum Gasteiger partial charge on any atom is 0.289 e. The predicted molar refractivity (Wildman–Crippen MR) is 90.7 cm³/mol. The van der Waals surface area contributed by atoms with E-state index < -0.39 is 0 Å². The number of tetrazole rings is 1. The van der Waals surface area contributed by atoms with Crippen molar-refractivity contribution in [3.8, 4) is 5.69 Å². The number of aryl methyl sites for hydroxylation is 1. The molecule has 0 radical (unpaired) electrons. The van der Waals surface area contributed by atoms with Gasteiger partial charge in [0.05, 0.1) is 5.69 Å². The molecule has 0 bridgehead atoms. The molecule has 8 heteroatoms. The molecule has 128 valence electrons. The van der Waals surface area contributed by atoms with Crippen molar-refractivity contribution in [3.05, 3.63) is 54.0 Å². The van der Waals surface area contributed by atoms with Crippen molar-refractivity contribution in [1.29, 1.82) is 0 Å². The minimum atomic E-state index is -0.0737. The zero-order chi connectivity index (χ0) is 17.2. The van der Waals surface area contributed by atoms with Crippen LogP contribution in [0.2, 0.25) is 0 Å². The first-order chi connectivity index (χ1) is 12.2. The highest BCUT2D eigenvalue weighted by Gasteiger charge is 2.26. The Kier molecular flexibility index (Phi) is 3.93. The number of aromatic nitrogens is 4. The van der Waals surface area contributed by atoms with Crippen molar-refractivity contribution < 1.29 is 9.21 Å². The zero-order valence-electron chi connectivity index (χ0n) is 13.9. The third-order valence-corrected chi connectivity index (χ3v) is 4.25. The van der Waals surface area contributed by atoms with Crippen LogP contribution in [-0.2, 0) is 0 Å². The number of hydrogen-bond acceptors (Lipinski definition) is 6. The fraction of sp³-hybridized carbons (Fsp3) is 0.294. The fourth-order valence-corrected chi connectivity index (χ4v) is 2.93. The van der Waals surface area contributed by atoms with Crippen LogP contribution in [-0.4, -0.2) is 57.2 Å². The van der Waals surface area contributed by atoms with Crippen LogP contribution in [0.3, 0.4) is 0 Å². The van der Waals surface area contributed by atoms with Crippen LogP contribution >= 0.6 is 0 Å². The Labute approximate surface area is 144 Å². The molecule has 1 aromatic carbocycles. The summed E-state index contributed by atoms with van der Waals surface area (Å²) in [6.45, 7) is 4.36. The van der Waals surface area contributed by atoms with Gasteiger partial charge in [0.15, 0.2) is 5.76 Å². The van der Waals surface area contributed by atoms with E-state index in [0.29, 0.717) is 37.9 Å². The minimum absolute atomic E-state index is 0.0737. The van der Waals surface area contributed by atoms with Gasteiger partial charge in [0.1, 0.15) is 5.76 Å². The van der Waals surface area contributed by atoms with Gasteiger partial charge in [0.25, 0.3) is 5.91 Å². The Morgan fingerprint density at radius 3 is 2.48 bits per heavy atom. The SMILES string of the molecule is Cc1ccc(C(=O)N2CCN(c3nnnn3-c3ccccc3)CC2)o1. The second kappa shape index (κ2) is 6.39. The van der Waals surface area contributed by atoms with E-state index in [1.807, 2.05) is 37.3 Å². The average Bonchev–Trinajstić information content (AvgIpc) is 3.31. The second-order valence-electron chi connectivity index (χ2n) is 5.92. The molecule has 3 heterocycles. The molecule has 2 aromatic heterocycles. The van der Waals surface area contributed by atoms with Crippen LogP contribution in [0.25, 0.3) is 5.69 Å². The summed E-state index contributed by atoms with van der Waals surface area (Å²) in [5, 5.41) is 12.0. The molecule has 8 nitrogen and oxygen atoms in total. The van der Waals surface area contributed by atoms with Gasteiger partial charge in [-0.1, -0.05) is 23.3 Å². The van der Waals surface area contributed by atoms with Crippen molar-refractivity contribution in [1.82, 2.24) is 25.1 Å². The Balaban J connectivity index is 1.46. The first-order valence-corrected chi connectivity index (χ1v) is 8.17. The smallest absolute Gasteiger partial charge is 0.289 e. The summed E-state index contributed by atoms with van der Waals surface area (Å²) in [4.78, 5) is 16.3. The lowest BCUT2D eigenvalue weighted by Crippen LogP contribution is -2.49. The van der Waals surface area contributed by atoms with Gasteiger partial charge >= 0.3 is 0 Å². The molecular formula is C17H18N6O2. The number of para-hydroxylation sites is 1. The second-order valence-corrected chi connectivity index (χ2v) is 5.92. The largest absolute Gasteiger partial charge is 0.456 e. The molecule has 0 saturated carbocycles. The maximum absolute atomic E-state index is 12.5. The number of carbonyl (C=O) groups is 1. The Bertz CT molecular complexity index is 864. The number of piperazine rings is 1. The van der Waals surface area contributed by atoms with Crippen molar-refractivity contribution in [2.45, 2.75) is 6.92 Å². The molecule has 1 saturated heterocycles. The predicted octanol–water partition coefficient (Wildman–Crippen LogP) is 1.53. The number of anilines is 1. The lowest BCUT2D eigenvalue weighted by molar-refractivity contribution is 0.0712. The number of benzene rings is 1. The summed E-state index contributed by atoms with van der Waals surface area (Å²) in [5.74, 6) is 1.74. The van der Waals surface area contributed by atoms with E-state index in [2.05, 4.69) is 20.4 Å². The van der Waals surface area contributed by atoms with Gasteiger partial charge in [0.2, 0.25) is 5.95 Å². The van der Waals surface area contributed by atoms with E-state index in [1.54, 1.807) is 21.7 Å². The van der Waals surface area contributed by atoms with Crippen molar-refractivity contribution in [2.75, 3.05) is 31.1 Å². The van der Waals surface area contributed by atoms with E-state index in [9.17, 15) is 4.79 Å². The first-order valence-electron chi connectivity index (χ1n) is 8.17. The van der Waals surface area contributed by atoms with Gasteiger partial charge in [-0.05, 0) is 41.6 Å². The number of rotatable bonds is 3. The number of carbonyl (C=O) groups excluding carboxylic acids is 1. The van der Waals surface area contributed by atoms with E-state index in [4.69, 9.17) is 4.42 Å². The molecule has 1 aliphatic heterocycles. The quantitative estimate of drug-likeness (QED) is 0.720. The van der Waals surface area contributed by atoms with Crippen LogP contribution in [0.15, 0.2) is 46.9 Å². The van der Waals surface area contributed by atoms with E-state index in [0.717, 1.165) is 11.4 Å². The van der Waals surface area contributed by atoms with E-state index in [1.165, 1.54) is 0 Å². The van der Waals surface area contributed by atoms with E-state index >= 15 is 0 Å². The lowest BCUT2D eigenvalue weighted by Gasteiger charge is -2.34. The van der Waals surface area contributed by atoms with Crippen molar-refractivity contribution >= 4 is 11.9 Å². The highest BCUT2D eigenvalue weighted by atomic mass is 16.3. The normalized spacial score (nSPS) is 14.8. The Morgan fingerprint density at radius 1 is 1.04 bits per heavy atom. The highest BCUT2D eigenvalue weighted by Crippen LogP contribution is 2.18. The molecule has 25 heavy (non-hydrogen) atoms. The Hall–Kier alpha value is -3.16. The highest BCUT2D eigenvalue weighted by molar-refractivity contribution is 5.91. The summed E-state index contributed by atoms with van der Waals surface area (Å²) in [6.07, 6.45) is 0. The topological polar surface area (TPSA) is 80.3 Å². The summed E-state index contributed by atoms with van der Waals surface area (Å²) < 4.78 is 7.15. The number of hydrogen-bond donors (Lipinski definition) is 0. The van der Waals surface area contributed by atoms with Crippen molar-refractivity contribution in [3.63, 3.8) is 0 Å². The van der Waals surface area contributed by atoms with Gasteiger partial charge in [-0.25, -0.2) is 0 Å².